The number of hydrogen-bond donors (Lipinski definition) is 0. The summed E-state index contributed by atoms with van der Waals surface area (Å²) in [4.78, 5) is 23.2. The first-order chi connectivity index (χ1) is 10.2. The van der Waals surface area contributed by atoms with Crippen LogP contribution in [0.1, 0.15) is 5.56 Å². The Kier molecular flexibility index (Phi) is 4.47. The van der Waals surface area contributed by atoms with Crippen LogP contribution < -0.4 is 4.90 Å². The molecule has 0 bridgehead atoms. The third kappa shape index (κ3) is 3.78. The van der Waals surface area contributed by atoms with E-state index in [1.165, 1.54) is 11.8 Å². The summed E-state index contributed by atoms with van der Waals surface area (Å²) in [7, 11) is 0. The Bertz CT molecular complexity index is 620. The van der Waals surface area contributed by atoms with Crippen LogP contribution in [0.2, 0.25) is 5.28 Å². The lowest BCUT2D eigenvalue weighted by Gasteiger charge is -2.26. The van der Waals surface area contributed by atoms with Crippen LogP contribution in [0.5, 0.6) is 0 Å². The summed E-state index contributed by atoms with van der Waals surface area (Å²) in [5.41, 5.74) is 1.00. The molecule has 2 aromatic heterocycles. The average molecular weight is 325 g/mol. The molecule has 3 heterocycles. The number of ether oxygens (including phenoxy) is 1. The molecular weight excluding hydrogens is 312 g/mol. The molecule has 0 unspecified atom stereocenters. The van der Waals surface area contributed by atoms with Gasteiger partial charge in [-0.1, -0.05) is 0 Å². The van der Waals surface area contributed by atoms with Crippen LogP contribution in [0.4, 0.5) is 5.95 Å². The summed E-state index contributed by atoms with van der Waals surface area (Å²) in [6, 6.07) is 0. The van der Waals surface area contributed by atoms with Gasteiger partial charge in [0, 0.05) is 25.5 Å². The highest BCUT2D eigenvalue weighted by Crippen LogP contribution is 2.23. The summed E-state index contributed by atoms with van der Waals surface area (Å²) in [5, 5.41) is 1.23. The van der Waals surface area contributed by atoms with Gasteiger partial charge in [-0.25, -0.2) is 9.97 Å². The van der Waals surface area contributed by atoms with Crippen LogP contribution in [0.25, 0.3) is 0 Å². The molecule has 3 rings (SSSR count). The van der Waals surface area contributed by atoms with Crippen LogP contribution >= 0.6 is 23.4 Å². The molecule has 0 atom stereocenters. The molecule has 1 aliphatic rings. The van der Waals surface area contributed by atoms with Crippen molar-refractivity contribution in [2.45, 2.75) is 17.2 Å². The van der Waals surface area contributed by atoms with E-state index in [1.807, 2.05) is 11.8 Å². The molecule has 0 N–H and O–H groups in total. The van der Waals surface area contributed by atoms with E-state index in [-0.39, 0.29) is 5.28 Å². The van der Waals surface area contributed by atoms with E-state index in [4.69, 9.17) is 16.3 Å². The van der Waals surface area contributed by atoms with Gasteiger partial charge in [-0.2, -0.15) is 15.0 Å². The lowest BCUT2D eigenvalue weighted by molar-refractivity contribution is 0.122. The third-order valence-corrected chi connectivity index (χ3v) is 3.74. The zero-order valence-electron chi connectivity index (χ0n) is 11.4. The third-order valence-electron chi connectivity index (χ3n) is 2.81. The van der Waals surface area contributed by atoms with Crippen molar-refractivity contribution < 1.29 is 4.74 Å². The van der Waals surface area contributed by atoms with Gasteiger partial charge in [0.05, 0.1) is 13.2 Å². The first-order valence-electron chi connectivity index (χ1n) is 6.41. The largest absolute Gasteiger partial charge is 0.378 e. The van der Waals surface area contributed by atoms with Crippen molar-refractivity contribution in [2.24, 2.45) is 0 Å². The van der Waals surface area contributed by atoms with Gasteiger partial charge in [-0.15, -0.1) is 0 Å². The number of aromatic nitrogens is 5. The SMILES string of the molecule is Cc1cnc(Sc2nc(Cl)nc(N3CCOCC3)n2)nc1. The Morgan fingerprint density at radius 3 is 2.52 bits per heavy atom. The second-order valence-corrected chi connectivity index (χ2v) is 5.70. The van der Waals surface area contributed by atoms with E-state index >= 15 is 0 Å². The summed E-state index contributed by atoms with van der Waals surface area (Å²) in [5.74, 6) is 0.563. The predicted molar refractivity (Wildman–Crippen MR) is 78.8 cm³/mol. The summed E-state index contributed by atoms with van der Waals surface area (Å²) < 4.78 is 5.32. The molecule has 1 fully saturated rings. The number of hydrogen-bond acceptors (Lipinski definition) is 8. The van der Waals surface area contributed by atoms with Crippen molar-refractivity contribution in [2.75, 3.05) is 31.2 Å². The number of rotatable bonds is 3. The van der Waals surface area contributed by atoms with Gasteiger partial charge in [0.15, 0.2) is 5.16 Å². The van der Waals surface area contributed by atoms with Crippen LogP contribution in [0, 0.1) is 6.92 Å². The maximum atomic E-state index is 5.99. The normalized spacial score (nSPS) is 15.2. The Labute approximate surface area is 131 Å². The highest BCUT2D eigenvalue weighted by molar-refractivity contribution is 7.99. The first kappa shape index (κ1) is 14.4. The van der Waals surface area contributed by atoms with Crippen molar-refractivity contribution in [1.29, 1.82) is 0 Å². The van der Waals surface area contributed by atoms with Crippen LogP contribution in [0.3, 0.4) is 0 Å². The second-order valence-electron chi connectivity index (χ2n) is 4.43. The fourth-order valence-electron chi connectivity index (χ4n) is 1.79. The van der Waals surface area contributed by atoms with Gasteiger partial charge in [-0.05, 0) is 35.9 Å². The standard InChI is InChI=1S/C12H13ClN6OS/c1-8-6-14-11(15-7-8)21-12-17-9(13)16-10(18-12)19-2-4-20-5-3-19/h6-7H,2-5H2,1H3. The number of anilines is 1. The highest BCUT2D eigenvalue weighted by Gasteiger charge is 2.16. The molecule has 21 heavy (non-hydrogen) atoms. The molecule has 7 nitrogen and oxygen atoms in total. The molecule has 2 aromatic rings. The van der Waals surface area contributed by atoms with Gasteiger partial charge >= 0.3 is 0 Å². The lowest BCUT2D eigenvalue weighted by Crippen LogP contribution is -2.37. The number of nitrogens with zero attached hydrogens (tertiary/aromatic N) is 6. The molecule has 110 valence electrons. The molecule has 0 radical (unpaired) electrons. The fraction of sp³-hybridized carbons (Fsp3) is 0.417. The lowest BCUT2D eigenvalue weighted by atomic mass is 10.4. The predicted octanol–water partition coefficient (Wildman–Crippen LogP) is 1.61. The maximum Gasteiger partial charge on any atom is 0.230 e. The van der Waals surface area contributed by atoms with E-state index in [9.17, 15) is 0 Å². The van der Waals surface area contributed by atoms with Gasteiger partial charge in [-0.3, -0.25) is 0 Å². The first-order valence-corrected chi connectivity index (χ1v) is 7.61. The minimum absolute atomic E-state index is 0.168. The highest BCUT2D eigenvalue weighted by atomic mass is 35.5. The number of morpholine rings is 1. The number of halogens is 1. The smallest absolute Gasteiger partial charge is 0.230 e. The molecule has 0 aromatic carbocycles. The van der Waals surface area contributed by atoms with Gasteiger partial charge in [0.2, 0.25) is 16.4 Å². The van der Waals surface area contributed by atoms with Crippen molar-refractivity contribution >= 4 is 29.3 Å². The molecule has 0 aliphatic carbocycles. The summed E-state index contributed by atoms with van der Waals surface area (Å²) >= 11 is 7.25. The topological polar surface area (TPSA) is 76.9 Å². The van der Waals surface area contributed by atoms with E-state index in [2.05, 4.69) is 24.9 Å². The van der Waals surface area contributed by atoms with Gasteiger partial charge in [0.1, 0.15) is 0 Å². The molecule has 1 saturated heterocycles. The molecular formula is C12H13ClN6OS. The van der Waals surface area contributed by atoms with E-state index < -0.39 is 0 Å². The van der Waals surface area contributed by atoms with Crippen LogP contribution in [-0.2, 0) is 4.74 Å². The second kappa shape index (κ2) is 6.50. The molecule has 0 saturated carbocycles. The van der Waals surface area contributed by atoms with Gasteiger partial charge in [0.25, 0.3) is 0 Å². The van der Waals surface area contributed by atoms with E-state index in [0.717, 1.165) is 18.7 Å². The minimum Gasteiger partial charge on any atom is -0.378 e. The van der Waals surface area contributed by atoms with Crippen molar-refractivity contribution in [3.05, 3.63) is 23.2 Å². The monoisotopic (exact) mass is 324 g/mol. The molecule has 0 spiro atoms. The quantitative estimate of drug-likeness (QED) is 0.788. The Morgan fingerprint density at radius 2 is 1.81 bits per heavy atom. The summed E-state index contributed by atoms with van der Waals surface area (Å²) in [6.45, 7) is 4.74. The fourth-order valence-corrected chi connectivity index (χ4v) is 2.63. The Balaban J connectivity index is 1.81. The van der Waals surface area contributed by atoms with Crippen LogP contribution in [0.15, 0.2) is 22.7 Å². The Hall–Kier alpha value is -1.51. The van der Waals surface area contributed by atoms with Crippen LogP contribution in [-0.4, -0.2) is 51.2 Å². The average Bonchev–Trinajstić information content (AvgIpc) is 2.50. The van der Waals surface area contributed by atoms with E-state index in [0.29, 0.717) is 29.5 Å². The zero-order chi connectivity index (χ0) is 14.7. The van der Waals surface area contributed by atoms with Crippen molar-refractivity contribution in [1.82, 2.24) is 24.9 Å². The maximum absolute atomic E-state index is 5.99. The van der Waals surface area contributed by atoms with E-state index in [1.54, 1.807) is 12.4 Å². The van der Waals surface area contributed by atoms with Crippen molar-refractivity contribution in [3.8, 4) is 0 Å². The minimum atomic E-state index is 0.168. The molecule has 0 amide bonds. The Morgan fingerprint density at radius 1 is 1.10 bits per heavy atom. The van der Waals surface area contributed by atoms with Gasteiger partial charge < -0.3 is 9.64 Å². The zero-order valence-corrected chi connectivity index (χ0v) is 12.9. The summed E-state index contributed by atoms with van der Waals surface area (Å²) in [6.07, 6.45) is 3.50. The number of aryl methyl sites for hydroxylation is 1. The van der Waals surface area contributed by atoms with Crippen molar-refractivity contribution in [3.63, 3.8) is 0 Å². The molecule has 9 heteroatoms. The molecule has 1 aliphatic heterocycles.